The minimum Gasteiger partial charge on any atom is -0.469 e. The van der Waals surface area contributed by atoms with Crippen LogP contribution in [0.4, 0.5) is 0 Å². The zero-order chi connectivity index (χ0) is 16.2. The second-order valence-corrected chi connectivity index (χ2v) is 8.55. The normalized spacial score (nSPS) is 45.6. The van der Waals surface area contributed by atoms with E-state index < -0.39 is 0 Å². The van der Waals surface area contributed by atoms with Gasteiger partial charge in [-0.15, -0.1) is 0 Å². The summed E-state index contributed by atoms with van der Waals surface area (Å²) >= 11 is 0. The summed E-state index contributed by atoms with van der Waals surface area (Å²) in [6, 6.07) is 0. The standard InChI is InChI=1S/C20H28O3/c1-19-10-7-14(21)12-13(19)5-6-15-16(19)8-11-20(18(22)23-2)9-3-4-17(15)20/h12,15-17H,3-11H2,1-2H3/t15-,16+,17+,19+,20-/m1/s1. The minimum absolute atomic E-state index is 0.0452. The van der Waals surface area contributed by atoms with Crippen molar-refractivity contribution in [2.75, 3.05) is 7.11 Å². The Labute approximate surface area is 138 Å². The van der Waals surface area contributed by atoms with Crippen LogP contribution < -0.4 is 0 Å². The molecule has 4 aliphatic rings. The number of ketones is 1. The second-order valence-electron chi connectivity index (χ2n) is 8.55. The van der Waals surface area contributed by atoms with Gasteiger partial charge in [-0.25, -0.2) is 0 Å². The molecule has 5 atom stereocenters. The molecule has 0 saturated heterocycles. The molecule has 0 aliphatic heterocycles. The first kappa shape index (κ1) is 15.4. The number of rotatable bonds is 1. The van der Waals surface area contributed by atoms with E-state index in [1.54, 1.807) is 7.11 Å². The number of esters is 1. The third kappa shape index (κ3) is 2.01. The number of fused-ring (bicyclic) bond motifs is 5. The Kier molecular flexibility index (Phi) is 3.48. The molecule has 4 aliphatic carbocycles. The number of methoxy groups -OCH3 is 1. The van der Waals surface area contributed by atoms with Crippen molar-refractivity contribution in [1.29, 1.82) is 0 Å². The molecular formula is C20H28O3. The molecule has 3 fully saturated rings. The molecule has 3 heteroatoms. The third-order valence-corrected chi connectivity index (χ3v) is 7.90. The largest absolute Gasteiger partial charge is 0.469 e. The molecule has 0 amide bonds. The number of carbonyl (C=O) groups excluding carboxylic acids is 2. The van der Waals surface area contributed by atoms with E-state index in [0.29, 0.717) is 30.0 Å². The summed E-state index contributed by atoms with van der Waals surface area (Å²) in [7, 11) is 1.55. The average molecular weight is 316 g/mol. The Bertz CT molecular complexity index is 577. The van der Waals surface area contributed by atoms with Gasteiger partial charge in [0.15, 0.2) is 5.78 Å². The monoisotopic (exact) mass is 316 g/mol. The van der Waals surface area contributed by atoms with E-state index in [-0.39, 0.29) is 16.8 Å². The van der Waals surface area contributed by atoms with E-state index >= 15 is 0 Å². The summed E-state index contributed by atoms with van der Waals surface area (Å²) in [4.78, 5) is 24.4. The molecule has 0 bridgehead atoms. The maximum absolute atomic E-state index is 12.6. The van der Waals surface area contributed by atoms with Gasteiger partial charge < -0.3 is 4.74 Å². The first-order chi connectivity index (χ1) is 11.0. The van der Waals surface area contributed by atoms with Crippen LogP contribution in [0.5, 0.6) is 0 Å². The smallest absolute Gasteiger partial charge is 0.312 e. The Morgan fingerprint density at radius 2 is 1.96 bits per heavy atom. The van der Waals surface area contributed by atoms with Gasteiger partial charge in [-0.3, -0.25) is 9.59 Å². The molecule has 0 aromatic rings. The lowest BCUT2D eigenvalue weighted by molar-refractivity contribution is -0.164. The predicted molar refractivity (Wildman–Crippen MR) is 87.7 cm³/mol. The molecular weight excluding hydrogens is 288 g/mol. The van der Waals surface area contributed by atoms with Crippen molar-refractivity contribution in [1.82, 2.24) is 0 Å². The topological polar surface area (TPSA) is 43.4 Å². The maximum atomic E-state index is 12.6. The molecule has 23 heavy (non-hydrogen) atoms. The van der Waals surface area contributed by atoms with Gasteiger partial charge in [-0.05, 0) is 74.2 Å². The van der Waals surface area contributed by atoms with Gasteiger partial charge in [0.05, 0.1) is 12.5 Å². The van der Waals surface area contributed by atoms with Gasteiger partial charge >= 0.3 is 5.97 Å². The summed E-state index contributed by atoms with van der Waals surface area (Å²) in [5.41, 5.74) is 1.40. The highest BCUT2D eigenvalue weighted by atomic mass is 16.5. The van der Waals surface area contributed by atoms with Crippen LogP contribution in [0.2, 0.25) is 0 Å². The molecule has 0 aromatic heterocycles. The molecule has 0 aromatic carbocycles. The van der Waals surface area contributed by atoms with Crippen LogP contribution in [0, 0.1) is 28.6 Å². The Morgan fingerprint density at radius 1 is 1.13 bits per heavy atom. The third-order valence-electron chi connectivity index (χ3n) is 7.90. The second kappa shape index (κ2) is 5.19. The van der Waals surface area contributed by atoms with Crippen molar-refractivity contribution in [3.8, 4) is 0 Å². The summed E-state index contributed by atoms with van der Waals surface area (Å²) in [6.07, 6.45) is 11.4. The molecule has 3 nitrogen and oxygen atoms in total. The quantitative estimate of drug-likeness (QED) is 0.685. The Balaban J connectivity index is 1.69. The first-order valence-electron chi connectivity index (χ1n) is 9.33. The fourth-order valence-corrected chi connectivity index (χ4v) is 6.77. The van der Waals surface area contributed by atoms with Crippen LogP contribution in [-0.4, -0.2) is 18.9 Å². The van der Waals surface area contributed by atoms with Crippen LogP contribution in [-0.2, 0) is 14.3 Å². The van der Waals surface area contributed by atoms with Crippen LogP contribution in [0.1, 0.15) is 64.7 Å². The minimum atomic E-state index is -0.196. The molecule has 0 N–H and O–H groups in total. The number of hydrogen-bond donors (Lipinski definition) is 0. The highest BCUT2D eigenvalue weighted by Crippen LogP contribution is 2.65. The van der Waals surface area contributed by atoms with Crippen molar-refractivity contribution in [3.63, 3.8) is 0 Å². The number of allylic oxidation sites excluding steroid dienone is 1. The average Bonchev–Trinajstić information content (AvgIpc) is 3.00. The fourth-order valence-electron chi connectivity index (χ4n) is 6.77. The zero-order valence-electron chi connectivity index (χ0n) is 14.4. The van der Waals surface area contributed by atoms with Gasteiger partial charge in [-0.2, -0.15) is 0 Å². The molecule has 126 valence electrons. The van der Waals surface area contributed by atoms with Crippen molar-refractivity contribution >= 4 is 11.8 Å². The number of carbonyl (C=O) groups is 2. The first-order valence-corrected chi connectivity index (χ1v) is 9.33. The lowest BCUT2D eigenvalue weighted by Gasteiger charge is -2.57. The van der Waals surface area contributed by atoms with E-state index in [1.165, 1.54) is 18.4 Å². The van der Waals surface area contributed by atoms with Crippen molar-refractivity contribution < 1.29 is 14.3 Å². The van der Waals surface area contributed by atoms with Crippen molar-refractivity contribution in [2.45, 2.75) is 64.7 Å². The summed E-state index contributed by atoms with van der Waals surface area (Å²) in [5.74, 6) is 2.15. The molecule has 0 spiro atoms. The lowest BCUT2D eigenvalue weighted by Crippen LogP contribution is -2.52. The SMILES string of the molecule is COC(=O)[C@@]12CCC[C@H]1[C@@H]1CCC3=CC(=O)CC[C@]3(C)[C@H]1CC2. The predicted octanol–water partition coefficient (Wildman–Crippen LogP) is 4.06. The lowest BCUT2D eigenvalue weighted by atomic mass is 9.47. The van der Waals surface area contributed by atoms with Gasteiger partial charge in [-0.1, -0.05) is 18.9 Å². The maximum Gasteiger partial charge on any atom is 0.312 e. The summed E-state index contributed by atoms with van der Waals surface area (Å²) in [6.45, 7) is 2.39. The Morgan fingerprint density at radius 3 is 2.74 bits per heavy atom. The van der Waals surface area contributed by atoms with Crippen LogP contribution in [0.25, 0.3) is 0 Å². The van der Waals surface area contributed by atoms with Crippen LogP contribution in [0.15, 0.2) is 11.6 Å². The number of hydrogen-bond acceptors (Lipinski definition) is 3. The summed E-state index contributed by atoms with van der Waals surface area (Å²) in [5, 5.41) is 0. The van der Waals surface area contributed by atoms with Crippen molar-refractivity contribution in [2.24, 2.45) is 28.6 Å². The number of ether oxygens (including phenoxy) is 1. The molecule has 0 unspecified atom stereocenters. The molecule has 0 heterocycles. The molecule has 0 radical (unpaired) electrons. The van der Waals surface area contributed by atoms with E-state index in [0.717, 1.165) is 38.5 Å². The van der Waals surface area contributed by atoms with Gasteiger partial charge in [0.1, 0.15) is 0 Å². The van der Waals surface area contributed by atoms with E-state index in [9.17, 15) is 9.59 Å². The van der Waals surface area contributed by atoms with Gasteiger partial charge in [0, 0.05) is 6.42 Å². The summed E-state index contributed by atoms with van der Waals surface area (Å²) < 4.78 is 5.22. The van der Waals surface area contributed by atoms with Crippen LogP contribution in [0.3, 0.4) is 0 Å². The van der Waals surface area contributed by atoms with Gasteiger partial charge in [0.2, 0.25) is 0 Å². The Hall–Kier alpha value is -1.12. The van der Waals surface area contributed by atoms with E-state index in [1.807, 2.05) is 6.08 Å². The molecule has 3 saturated carbocycles. The fraction of sp³-hybridized carbons (Fsp3) is 0.800. The zero-order valence-corrected chi connectivity index (χ0v) is 14.4. The highest BCUT2D eigenvalue weighted by molar-refractivity contribution is 5.91. The highest BCUT2D eigenvalue weighted by Gasteiger charge is 2.60. The molecule has 4 rings (SSSR count). The van der Waals surface area contributed by atoms with Gasteiger partial charge in [0.25, 0.3) is 0 Å². The van der Waals surface area contributed by atoms with E-state index in [2.05, 4.69) is 6.92 Å². The van der Waals surface area contributed by atoms with Crippen molar-refractivity contribution in [3.05, 3.63) is 11.6 Å². The van der Waals surface area contributed by atoms with E-state index in [4.69, 9.17) is 4.74 Å². The van der Waals surface area contributed by atoms with Crippen LogP contribution >= 0.6 is 0 Å².